The summed E-state index contributed by atoms with van der Waals surface area (Å²) in [6, 6.07) is 19.9. The summed E-state index contributed by atoms with van der Waals surface area (Å²) >= 11 is 0. The second-order valence-corrected chi connectivity index (χ2v) is 11.6. The predicted molar refractivity (Wildman–Crippen MR) is 163 cm³/mol. The number of hydrogen-bond acceptors (Lipinski definition) is 6. The summed E-state index contributed by atoms with van der Waals surface area (Å²) in [5.41, 5.74) is 6.69. The van der Waals surface area contributed by atoms with Gasteiger partial charge < -0.3 is 19.8 Å². The van der Waals surface area contributed by atoms with E-state index in [1.807, 2.05) is 55.6 Å². The average Bonchev–Trinajstić information content (AvgIpc) is 3.34. The molecule has 2 amide bonds. The van der Waals surface area contributed by atoms with E-state index in [9.17, 15) is 4.79 Å². The van der Waals surface area contributed by atoms with Crippen LogP contribution in [0.1, 0.15) is 37.9 Å². The lowest BCUT2D eigenvalue weighted by atomic mass is 9.86. The molecule has 1 aliphatic heterocycles. The molecule has 6 rings (SSSR count). The first-order valence-corrected chi connectivity index (χ1v) is 14.0. The maximum Gasteiger partial charge on any atom is 0.323 e. The van der Waals surface area contributed by atoms with Crippen LogP contribution < -0.4 is 10.6 Å². The van der Waals surface area contributed by atoms with Crippen LogP contribution in [0.2, 0.25) is 0 Å². The van der Waals surface area contributed by atoms with Crippen LogP contribution in [0.3, 0.4) is 0 Å². The van der Waals surface area contributed by atoms with Gasteiger partial charge >= 0.3 is 6.03 Å². The molecule has 0 bridgehead atoms. The van der Waals surface area contributed by atoms with Crippen molar-refractivity contribution >= 4 is 39.3 Å². The second kappa shape index (κ2) is 11.0. The largest absolute Gasteiger partial charge is 0.439 e. The second-order valence-electron chi connectivity index (χ2n) is 11.6. The zero-order chi connectivity index (χ0) is 28.6. The van der Waals surface area contributed by atoms with Crippen molar-refractivity contribution in [3.05, 3.63) is 84.0 Å². The van der Waals surface area contributed by atoms with E-state index >= 15 is 0 Å². The molecule has 41 heavy (non-hydrogen) atoms. The number of anilines is 2. The summed E-state index contributed by atoms with van der Waals surface area (Å²) in [6.45, 7) is 12.4. The van der Waals surface area contributed by atoms with Crippen LogP contribution in [0.25, 0.3) is 33.0 Å². The summed E-state index contributed by atoms with van der Waals surface area (Å²) in [4.78, 5) is 24.9. The molecule has 210 valence electrons. The highest BCUT2D eigenvalue weighted by Gasteiger charge is 2.20. The van der Waals surface area contributed by atoms with Gasteiger partial charge in [0.15, 0.2) is 11.5 Å². The Morgan fingerprint density at radius 1 is 0.951 bits per heavy atom. The Morgan fingerprint density at radius 3 is 2.44 bits per heavy atom. The number of amides is 2. The number of rotatable bonds is 5. The summed E-state index contributed by atoms with van der Waals surface area (Å²) in [7, 11) is 0. The van der Waals surface area contributed by atoms with Crippen LogP contribution in [0.15, 0.2) is 71.3 Å². The summed E-state index contributed by atoms with van der Waals surface area (Å²) < 4.78 is 11.3. The van der Waals surface area contributed by atoms with E-state index in [1.54, 1.807) is 0 Å². The van der Waals surface area contributed by atoms with Crippen molar-refractivity contribution in [2.75, 3.05) is 36.9 Å². The number of fused-ring (bicyclic) bond motifs is 2. The van der Waals surface area contributed by atoms with E-state index < -0.39 is 0 Å². The summed E-state index contributed by atoms with van der Waals surface area (Å²) in [5.74, 6) is 0.555. The van der Waals surface area contributed by atoms with Gasteiger partial charge in [-0.2, -0.15) is 0 Å². The number of pyridine rings is 1. The van der Waals surface area contributed by atoms with Crippen LogP contribution in [-0.2, 0) is 16.7 Å². The maximum atomic E-state index is 13.3. The Labute approximate surface area is 239 Å². The first kappa shape index (κ1) is 26.9. The molecule has 8 heteroatoms. The minimum Gasteiger partial charge on any atom is -0.439 e. The number of ether oxygens (including phenoxy) is 1. The highest BCUT2D eigenvalue weighted by Crippen LogP contribution is 2.35. The molecule has 5 aromatic rings. The minimum atomic E-state index is -0.349. The Balaban J connectivity index is 1.25. The van der Waals surface area contributed by atoms with Crippen LogP contribution >= 0.6 is 0 Å². The monoisotopic (exact) mass is 549 g/mol. The zero-order valence-corrected chi connectivity index (χ0v) is 24.0. The van der Waals surface area contributed by atoms with Crippen LogP contribution in [0.5, 0.6) is 0 Å². The Kier molecular flexibility index (Phi) is 7.19. The van der Waals surface area contributed by atoms with E-state index in [0.717, 1.165) is 77.2 Å². The van der Waals surface area contributed by atoms with Gasteiger partial charge in [0.1, 0.15) is 5.52 Å². The number of carbonyl (C=O) groups excluding carboxylic acids is 1. The van der Waals surface area contributed by atoms with E-state index in [0.29, 0.717) is 17.2 Å². The third-order valence-corrected chi connectivity index (χ3v) is 7.51. The third kappa shape index (κ3) is 5.80. The van der Waals surface area contributed by atoms with E-state index in [1.165, 1.54) is 0 Å². The number of aromatic nitrogens is 2. The lowest BCUT2D eigenvalue weighted by Gasteiger charge is -2.26. The van der Waals surface area contributed by atoms with Crippen LogP contribution in [0, 0.1) is 6.92 Å². The molecule has 0 spiro atoms. The van der Waals surface area contributed by atoms with Crippen LogP contribution in [0.4, 0.5) is 16.2 Å². The first-order valence-electron chi connectivity index (χ1n) is 14.0. The normalized spacial score (nSPS) is 14.4. The number of urea groups is 1. The number of oxazole rings is 1. The van der Waals surface area contributed by atoms with Gasteiger partial charge in [-0.15, -0.1) is 0 Å². The maximum absolute atomic E-state index is 13.3. The number of carbonyl (C=O) groups is 1. The van der Waals surface area contributed by atoms with Crippen LogP contribution in [-0.4, -0.2) is 47.2 Å². The third-order valence-electron chi connectivity index (χ3n) is 7.51. The standard InChI is InChI=1S/C33H35N5O3/c1-21-35-29-17-23(33(2,3)4)18-30(31(29)41-21)37-32(39)36-28-12-11-25(26-7-5-6-8-27(26)28)22-9-10-24(34-19-22)20-38-13-15-40-16-14-38/h5-12,17-19H,13-16,20H2,1-4H3,(H2,36,37,39). The first-order chi connectivity index (χ1) is 19.7. The number of morpholine rings is 1. The highest BCUT2D eigenvalue weighted by atomic mass is 16.5. The van der Waals surface area contributed by atoms with E-state index in [4.69, 9.17) is 14.1 Å². The van der Waals surface area contributed by atoms with Crippen molar-refractivity contribution in [1.82, 2.24) is 14.9 Å². The molecule has 1 fully saturated rings. The molecule has 0 saturated carbocycles. The summed E-state index contributed by atoms with van der Waals surface area (Å²) in [6.07, 6.45) is 1.93. The molecule has 3 heterocycles. The molecule has 1 saturated heterocycles. The fraction of sp³-hybridized carbons (Fsp3) is 0.303. The number of nitrogens with zero attached hydrogens (tertiary/aromatic N) is 3. The average molecular weight is 550 g/mol. The van der Waals surface area contributed by atoms with Gasteiger partial charge in [-0.05, 0) is 46.2 Å². The molecule has 3 aromatic carbocycles. The SMILES string of the molecule is Cc1nc2cc(C(C)(C)C)cc(NC(=O)Nc3ccc(-c4ccc(CN5CCOCC5)nc4)c4ccccc34)c2o1. The fourth-order valence-electron chi connectivity index (χ4n) is 5.27. The molecule has 0 aliphatic carbocycles. The van der Waals surface area contributed by atoms with Crippen molar-refractivity contribution in [1.29, 1.82) is 0 Å². The van der Waals surface area contributed by atoms with Crippen molar-refractivity contribution in [3.8, 4) is 11.1 Å². The molecule has 2 aromatic heterocycles. The molecule has 0 unspecified atom stereocenters. The topological polar surface area (TPSA) is 92.5 Å². The molecule has 1 aliphatic rings. The van der Waals surface area contributed by atoms with Gasteiger partial charge in [-0.1, -0.05) is 57.2 Å². The van der Waals surface area contributed by atoms with E-state index in [-0.39, 0.29) is 11.4 Å². The van der Waals surface area contributed by atoms with Gasteiger partial charge in [-0.3, -0.25) is 9.88 Å². The molecule has 8 nitrogen and oxygen atoms in total. The fourth-order valence-corrected chi connectivity index (χ4v) is 5.27. The van der Waals surface area contributed by atoms with Crippen molar-refractivity contribution in [2.45, 2.75) is 39.7 Å². The van der Waals surface area contributed by atoms with Gasteiger partial charge in [-0.25, -0.2) is 9.78 Å². The van der Waals surface area contributed by atoms with Gasteiger partial charge in [0.25, 0.3) is 0 Å². The van der Waals surface area contributed by atoms with Crippen molar-refractivity contribution in [3.63, 3.8) is 0 Å². The molecule has 0 atom stereocenters. The van der Waals surface area contributed by atoms with Gasteiger partial charge in [0.05, 0.1) is 30.3 Å². The highest BCUT2D eigenvalue weighted by molar-refractivity contribution is 6.11. The quantitative estimate of drug-likeness (QED) is 0.242. The molecular weight excluding hydrogens is 514 g/mol. The number of hydrogen-bond donors (Lipinski definition) is 2. The molecule has 2 N–H and O–H groups in total. The smallest absolute Gasteiger partial charge is 0.323 e. The Bertz CT molecular complexity index is 1710. The van der Waals surface area contributed by atoms with E-state index in [2.05, 4.69) is 59.5 Å². The predicted octanol–water partition coefficient (Wildman–Crippen LogP) is 7.13. The molecule has 0 radical (unpaired) electrons. The number of benzene rings is 3. The lowest BCUT2D eigenvalue weighted by Crippen LogP contribution is -2.35. The van der Waals surface area contributed by atoms with Crippen molar-refractivity contribution < 1.29 is 13.9 Å². The zero-order valence-electron chi connectivity index (χ0n) is 24.0. The number of aryl methyl sites for hydroxylation is 1. The molecular formula is C33H35N5O3. The minimum absolute atomic E-state index is 0.116. The Hall–Kier alpha value is -4.27. The Morgan fingerprint density at radius 2 is 1.71 bits per heavy atom. The lowest BCUT2D eigenvalue weighted by molar-refractivity contribution is 0.0336. The van der Waals surface area contributed by atoms with Crippen molar-refractivity contribution in [2.24, 2.45) is 0 Å². The summed E-state index contributed by atoms with van der Waals surface area (Å²) in [5, 5.41) is 8.04. The van der Waals surface area contributed by atoms with Gasteiger partial charge in [0, 0.05) is 43.7 Å². The van der Waals surface area contributed by atoms with Gasteiger partial charge in [0.2, 0.25) is 0 Å². The number of nitrogens with one attached hydrogen (secondary N) is 2.